The molecule has 0 atom stereocenters. The van der Waals surface area contributed by atoms with Crippen molar-refractivity contribution in [1.29, 1.82) is 0 Å². The van der Waals surface area contributed by atoms with Crippen LogP contribution in [0.4, 0.5) is 5.69 Å². The lowest BCUT2D eigenvalue weighted by Crippen LogP contribution is -2.28. The SMILES string of the molecule is O=S(=O)(c1ccccc1)N1CCc2cc(Cl)ccc21. The third-order valence-electron chi connectivity index (χ3n) is 3.23. The molecule has 0 unspecified atom stereocenters. The monoisotopic (exact) mass is 293 g/mol. The van der Waals surface area contributed by atoms with Gasteiger partial charge in [0.15, 0.2) is 0 Å². The van der Waals surface area contributed by atoms with Crippen LogP contribution in [0, 0.1) is 0 Å². The first-order chi connectivity index (χ1) is 9.09. The molecule has 0 aliphatic carbocycles. The molecule has 0 saturated carbocycles. The van der Waals surface area contributed by atoms with E-state index in [1.54, 1.807) is 42.5 Å². The Morgan fingerprint density at radius 1 is 1.05 bits per heavy atom. The fourth-order valence-electron chi connectivity index (χ4n) is 2.31. The van der Waals surface area contributed by atoms with Gasteiger partial charge < -0.3 is 0 Å². The molecule has 98 valence electrons. The van der Waals surface area contributed by atoms with E-state index in [-0.39, 0.29) is 0 Å². The zero-order chi connectivity index (χ0) is 13.5. The number of halogens is 1. The molecule has 0 N–H and O–H groups in total. The first kappa shape index (κ1) is 12.5. The zero-order valence-electron chi connectivity index (χ0n) is 10.1. The molecule has 1 aliphatic heterocycles. The van der Waals surface area contributed by atoms with Crippen LogP contribution in [-0.4, -0.2) is 15.0 Å². The molecule has 2 aromatic rings. The van der Waals surface area contributed by atoms with E-state index in [4.69, 9.17) is 11.6 Å². The summed E-state index contributed by atoms with van der Waals surface area (Å²) >= 11 is 5.93. The van der Waals surface area contributed by atoms with Gasteiger partial charge in [0, 0.05) is 11.6 Å². The normalized spacial score (nSPS) is 14.5. The molecule has 2 aromatic carbocycles. The zero-order valence-corrected chi connectivity index (χ0v) is 11.7. The predicted octanol–water partition coefficient (Wildman–Crippen LogP) is 3.09. The van der Waals surface area contributed by atoms with Gasteiger partial charge in [-0.25, -0.2) is 8.42 Å². The van der Waals surface area contributed by atoms with Crippen molar-refractivity contribution in [2.24, 2.45) is 0 Å². The van der Waals surface area contributed by atoms with Gasteiger partial charge in [-0.05, 0) is 42.3 Å². The van der Waals surface area contributed by atoms with Crippen molar-refractivity contribution >= 4 is 27.3 Å². The fourth-order valence-corrected chi connectivity index (χ4v) is 4.03. The minimum Gasteiger partial charge on any atom is -0.266 e. The number of anilines is 1. The molecule has 0 aromatic heterocycles. The second kappa shape index (κ2) is 4.54. The number of benzene rings is 2. The molecule has 3 rings (SSSR count). The fraction of sp³-hybridized carbons (Fsp3) is 0.143. The van der Waals surface area contributed by atoms with Gasteiger partial charge in [0.05, 0.1) is 10.6 Å². The average molecular weight is 294 g/mol. The Kier molecular flexibility index (Phi) is 2.99. The average Bonchev–Trinajstić information content (AvgIpc) is 2.83. The highest BCUT2D eigenvalue weighted by Crippen LogP contribution is 2.34. The van der Waals surface area contributed by atoms with Crippen LogP contribution in [-0.2, 0) is 16.4 Å². The summed E-state index contributed by atoms with van der Waals surface area (Å²) in [5.74, 6) is 0. The molecule has 5 heteroatoms. The summed E-state index contributed by atoms with van der Waals surface area (Å²) < 4.78 is 26.6. The summed E-state index contributed by atoms with van der Waals surface area (Å²) in [6.45, 7) is 0.465. The van der Waals surface area contributed by atoms with E-state index in [1.807, 2.05) is 6.07 Å². The van der Waals surface area contributed by atoms with E-state index in [0.717, 1.165) is 11.3 Å². The van der Waals surface area contributed by atoms with Crippen LogP contribution in [0.3, 0.4) is 0 Å². The third kappa shape index (κ3) is 2.11. The maximum Gasteiger partial charge on any atom is 0.264 e. The smallest absolute Gasteiger partial charge is 0.264 e. The highest BCUT2D eigenvalue weighted by molar-refractivity contribution is 7.92. The Bertz CT molecular complexity index is 713. The van der Waals surface area contributed by atoms with Gasteiger partial charge in [0.25, 0.3) is 10.0 Å². The van der Waals surface area contributed by atoms with E-state index >= 15 is 0 Å². The van der Waals surface area contributed by atoms with E-state index in [9.17, 15) is 8.42 Å². The van der Waals surface area contributed by atoms with E-state index in [0.29, 0.717) is 22.9 Å². The molecule has 0 fully saturated rings. The Morgan fingerprint density at radius 2 is 1.79 bits per heavy atom. The van der Waals surface area contributed by atoms with Crippen LogP contribution in [0.25, 0.3) is 0 Å². The summed E-state index contributed by atoms with van der Waals surface area (Å²) in [5, 5.41) is 0.637. The maximum atomic E-state index is 12.6. The minimum atomic E-state index is -3.47. The van der Waals surface area contributed by atoms with Crippen molar-refractivity contribution in [2.75, 3.05) is 10.8 Å². The third-order valence-corrected chi connectivity index (χ3v) is 5.29. The Balaban J connectivity index is 2.07. The molecule has 1 heterocycles. The van der Waals surface area contributed by atoms with E-state index in [2.05, 4.69) is 0 Å². The van der Waals surface area contributed by atoms with Gasteiger partial charge in [0.1, 0.15) is 0 Å². The second-order valence-corrected chi connectivity index (χ2v) is 6.71. The van der Waals surface area contributed by atoms with Crippen molar-refractivity contribution in [3.63, 3.8) is 0 Å². The van der Waals surface area contributed by atoms with Crippen molar-refractivity contribution in [3.05, 3.63) is 59.1 Å². The van der Waals surface area contributed by atoms with Gasteiger partial charge in [-0.2, -0.15) is 0 Å². The number of fused-ring (bicyclic) bond motifs is 1. The molecule has 1 aliphatic rings. The van der Waals surface area contributed by atoms with Crippen molar-refractivity contribution in [2.45, 2.75) is 11.3 Å². The van der Waals surface area contributed by atoms with Gasteiger partial charge in [-0.3, -0.25) is 4.31 Å². The molecule has 0 radical (unpaired) electrons. The topological polar surface area (TPSA) is 37.4 Å². The van der Waals surface area contributed by atoms with Crippen LogP contribution in [0.15, 0.2) is 53.4 Å². The first-order valence-corrected chi connectivity index (χ1v) is 7.77. The summed E-state index contributed by atoms with van der Waals surface area (Å²) in [7, 11) is -3.47. The lowest BCUT2D eigenvalue weighted by Gasteiger charge is -2.19. The van der Waals surface area contributed by atoms with Gasteiger partial charge in [-0.1, -0.05) is 29.8 Å². The van der Waals surface area contributed by atoms with Crippen LogP contribution in [0.1, 0.15) is 5.56 Å². The molecule has 0 saturated heterocycles. The largest absolute Gasteiger partial charge is 0.266 e. The Morgan fingerprint density at radius 3 is 2.53 bits per heavy atom. The highest BCUT2D eigenvalue weighted by Gasteiger charge is 2.30. The van der Waals surface area contributed by atoms with Crippen LogP contribution >= 0.6 is 11.6 Å². The van der Waals surface area contributed by atoms with Gasteiger partial charge in [0.2, 0.25) is 0 Å². The van der Waals surface area contributed by atoms with Crippen molar-refractivity contribution in [3.8, 4) is 0 Å². The number of hydrogen-bond acceptors (Lipinski definition) is 2. The van der Waals surface area contributed by atoms with Crippen LogP contribution in [0.2, 0.25) is 5.02 Å². The summed E-state index contributed by atoms with van der Waals surface area (Å²) in [5.41, 5.74) is 1.71. The van der Waals surface area contributed by atoms with Crippen molar-refractivity contribution < 1.29 is 8.42 Å². The molecular formula is C14H12ClNO2S. The molecule has 0 bridgehead atoms. The van der Waals surface area contributed by atoms with Crippen LogP contribution in [0.5, 0.6) is 0 Å². The molecule has 0 spiro atoms. The maximum absolute atomic E-state index is 12.6. The van der Waals surface area contributed by atoms with Gasteiger partial charge >= 0.3 is 0 Å². The quantitative estimate of drug-likeness (QED) is 0.853. The number of sulfonamides is 1. The lowest BCUT2D eigenvalue weighted by molar-refractivity contribution is 0.592. The summed E-state index contributed by atoms with van der Waals surface area (Å²) in [4.78, 5) is 0.317. The molecule has 3 nitrogen and oxygen atoms in total. The number of nitrogens with zero attached hydrogens (tertiary/aromatic N) is 1. The Labute approximate surface area is 117 Å². The number of rotatable bonds is 2. The van der Waals surface area contributed by atoms with Crippen molar-refractivity contribution in [1.82, 2.24) is 0 Å². The van der Waals surface area contributed by atoms with E-state index < -0.39 is 10.0 Å². The molecule has 0 amide bonds. The summed E-state index contributed by atoms with van der Waals surface area (Å²) in [6.07, 6.45) is 0.696. The second-order valence-electron chi connectivity index (χ2n) is 4.41. The van der Waals surface area contributed by atoms with Crippen LogP contribution < -0.4 is 4.31 Å². The minimum absolute atomic E-state index is 0.317. The highest BCUT2D eigenvalue weighted by atomic mass is 35.5. The summed E-state index contributed by atoms with van der Waals surface area (Å²) in [6, 6.07) is 13.8. The van der Waals surface area contributed by atoms with Gasteiger partial charge in [-0.15, -0.1) is 0 Å². The number of hydrogen-bond donors (Lipinski definition) is 0. The first-order valence-electron chi connectivity index (χ1n) is 5.95. The standard InChI is InChI=1S/C14H12ClNO2S/c15-12-6-7-14-11(10-12)8-9-16(14)19(17,18)13-4-2-1-3-5-13/h1-7,10H,8-9H2. The molecule has 19 heavy (non-hydrogen) atoms. The lowest BCUT2D eigenvalue weighted by atomic mass is 10.2. The van der Waals surface area contributed by atoms with E-state index in [1.165, 1.54) is 4.31 Å². The molecular weight excluding hydrogens is 282 g/mol. The predicted molar refractivity (Wildman–Crippen MR) is 76.1 cm³/mol. The Hall–Kier alpha value is -1.52.